The van der Waals surface area contributed by atoms with Gasteiger partial charge in [-0.1, -0.05) is 23.2 Å². The van der Waals surface area contributed by atoms with Crippen molar-refractivity contribution >= 4 is 45.1 Å². The van der Waals surface area contributed by atoms with Crippen LogP contribution in [-0.4, -0.2) is 14.5 Å². The van der Waals surface area contributed by atoms with Crippen LogP contribution in [0.1, 0.15) is 6.92 Å². The fraction of sp³-hybridized carbons (Fsp3) is 0.111. The third kappa shape index (κ3) is 2.60. The molecule has 0 fully saturated rings. The molecule has 0 spiro atoms. The number of halogens is 3. The van der Waals surface area contributed by atoms with E-state index in [1.54, 1.807) is 24.4 Å². The van der Waals surface area contributed by atoms with Crippen molar-refractivity contribution in [2.45, 2.75) is 13.5 Å². The Kier molecular flexibility index (Phi) is 3.78. The van der Waals surface area contributed by atoms with Crippen LogP contribution in [0.4, 0.5) is 4.39 Å². The topological polar surface area (TPSA) is 50.7 Å². The molecular weight excluding hydrogens is 364 g/mol. The molecule has 0 amide bonds. The summed E-state index contributed by atoms with van der Waals surface area (Å²) >= 11 is 11.9. The van der Waals surface area contributed by atoms with Gasteiger partial charge in [-0.15, -0.1) is 0 Å². The lowest BCUT2D eigenvalue weighted by atomic mass is 10.1. The Morgan fingerprint density at radius 2 is 2.04 bits per heavy atom. The molecule has 7 heteroatoms. The summed E-state index contributed by atoms with van der Waals surface area (Å²) in [6.07, 6.45) is 1.71. The highest BCUT2D eigenvalue weighted by molar-refractivity contribution is 6.31. The van der Waals surface area contributed by atoms with E-state index in [0.717, 1.165) is 5.52 Å². The van der Waals surface area contributed by atoms with E-state index < -0.39 is 5.82 Å². The average Bonchev–Trinajstić information content (AvgIpc) is 3.00. The summed E-state index contributed by atoms with van der Waals surface area (Å²) in [5.41, 5.74) is 2.07. The van der Waals surface area contributed by atoms with Gasteiger partial charge in [-0.3, -0.25) is 4.79 Å². The van der Waals surface area contributed by atoms with Gasteiger partial charge in [0, 0.05) is 23.2 Å². The summed E-state index contributed by atoms with van der Waals surface area (Å²) in [6.45, 7) is 2.53. The summed E-state index contributed by atoms with van der Waals surface area (Å²) in [6, 6.07) is 7.90. The van der Waals surface area contributed by atoms with Gasteiger partial charge < -0.3 is 9.55 Å². The largest absolute Gasteiger partial charge is 0.347 e. The van der Waals surface area contributed by atoms with Gasteiger partial charge >= 0.3 is 0 Å². The number of aromatic nitrogens is 3. The van der Waals surface area contributed by atoms with Crippen LogP contribution in [0.2, 0.25) is 10.0 Å². The molecule has 0 bridgehead atoms. The molecular formula is C18H12Cl2FN3O. The molecule has 0 saturated heterocycles. The Hall–Kier alpha value is -2.37. The first kappa shape index (κ1) is 16.1. The van der Waals surface area contributed by atoms with Gasteiger partial charge in [0.1, 0.15) is 11.6 Å². The maximum Gasteiger partial charge on any atom is 0.200 e. The zero-order valence-electron chi connectivity index (χ0n) is 13.1. The molecule has 4 rings (SSSR count). The van der Waals surface area contributed by atoms with Gasteiger partial charge in [0.15, 0.2) is 5.43 Å². The van der Waals surface area contributed by atoms with E-state index in [-0.39, 0.29) is 15.8 Å². The molecule has 0 radical (unpaired) electrons. The Morgan fingerprint density at radius 1 is 1.24 bits per heavy atom. The van der Waals surface area contributed by atoms with Crippen LogP contribution in [0.3, 0.4) is 0 Å². The molecule has 4 aromatic rings. The number of aryl methyl sites for hydroxylation is 1. The predicted molar refractivity (Wildman–Crippen MR) is 98.9 cm³/mol. The van der Waals surface area contributed by atoms with Crippen LogP contribution in [0, 0.1) is 5.82 Å². The smallest absolute Gasteiger partial charge is 0.200 e. The monoisotopic (exact) mass is 375 g/mol. The average molecular weight is 376 g/mol. The van der Waals surface area contributed by atoms with Crippen molar-refractivity contribution in [3.8, 4) is 11.4 Å². The Balaban J connectivity index is 2.05. The zero-order valence-corrected chi connectivity index (χ0v) is 14.6. The first-order chi connectivity index (χ1) is 12.0. The van der Waals surface area contributed by atoms with E-state index in [0.29, 0.717) is 34.0 Å². The quantitative estimate of drug-likeness (QED) is 0.535. The Labute approximate surface area is 151 Å². The normalized spacial score (nSPS) is 11.5. The van der Waals surface area contributed by atoms with E-state index in [1.807, 2.05) is 11.5 Å². The summed E-state index contributed by atoms with van der Waals surface area (Å²) in [5.74, 6) is -0.204. The van der Waals surface area contributed by atoms with Gasteiger partial charge in [-0.2, -0.15) is 0 Å². The summed E-state index contributed by atoms with van der Waals surface area (Å²) in [5, 5.41) is 0.823. The minimum atomic E-state index is -0.623. The van der Waals surface area contributed by atoms with Gasteiger partial charge in [-0.25, -0.2) is 9.37 Å². The molecule has 1 N–H and O–H groups in total. The van der Waals surface area contributed by atoms with Gasteiger partial charge in [0.2, 0.25) is 0 Å². The van der Waals surface area contributed by atoms with Crippen molar-refractivity contribution in [1.29, 1.82) is 0 Å². The molecule has 0 atom stereocenters. The Morgan fingerprint density at radius 3 is 2.80 bits per heavy atom. The first-order valence-electron chi connectivity index (χ1n) is 7.65. The number of fused-ring (bicyclic) bond motifs is 2. The van der Waals surface area contributed by atoms with Gasteiger partial charge in [0.25, 0.3) is 0 Å². The van der Waals surface area contributed by atoms with E-state index in [9.17, 15) is 9.18 Å². The lowest BCUT2D eigenvalue weighted by Gasteiger charge is -2.11. The van der Waals surface area contributed by atoms with Crippen molar-refractivity contribution < 1.29 is 4.39 Å². The molecule has 25 heavy (non-hydrogen) atoms. The number of nitrogens with zero attached hydrogens (tertiary/aromatic N) is 2. The summed E-state index contributed by atoms with van der Waals surface area (Å²) < 4.78 is 15.7. The molecule has 2 heterocycles. The van der Waals surface area contributed by atoms with E-state index in [2.05, 4.69) is 9.97 Å². The number of benzene rings is 2. The predicted octanol–water partition coefficient (Wildman–Crippen LogP) is 5.01. The molecule has 0 saturated carbocycles. The number of imidazole rings is 1. The molecule has 0 unspecified atom stereocenters. The molecule has 2 aromatic carbocycles. The third-order valence-corrected chi connectivity index (χ3v) is 4.69. The molecule has 0 aliphatic carbocycles. The number of hydrogen-bond acceptors (Lipinski definition) is 2. The van der Waals surface area contributed by atoms with Crippen molar-refractivity contribution in [2.75, 3.05) is 0 Å². The number of H-pyrrole nitrogens is 1. The van der Waals surface area contributed by atoms with Crippen LogP contribution < -0.4 is 5.43 Å². The standard InChI is InChI=1S/C18H12Cl2FN3O/c1-2-24-8-11(17(25)10-6-13(21)12(20)7-16(10)24)18-22-14-4-3-9(19)5-15(14)23-18/h3-8H,2H2,1H3,(H,22,23). The number of aromatic amines is 1. The van der Waals surface area contributed by atoms with Gasteiger partial charge in [-0.05, 0) is 37.3 Å². The first-order valence-corrected chi connectivity index (χ1v) is 8.41. The second-order valence-corrected chi connectivity index (χ2v) is 6.53. The minimum absolute atomic E-state index is 0.0137. The van der Waals surface area contributed by atoms with Crippen molar-refractivity contribution in [1.82, 2.24) is 14.5 Å². The van der Waals surface area contributed by atoms with E-state index in [1.165, 1.54) is 12.1 Å². The minimum Gasteiger partial charge on any atom is -0.347 e. The summed E-state index contributed by atoms with van der Waals surface area (Å²) in [4.78, 5) is 20.5. The maximum absolute atomic E-state index is 13.9. The maximum atomic E-state index is 13.9. The van der Waals surface area contributed by atoms with Gasteiger partial charge in [0.05, 0.1) is 27.1 Å². The van der Waals surface area contributed by atoms with Crippen molar-refractivity contribution in [3.05, 3.63) is 62.6 Å². The lowest BCUT2D eigenvalue weighted by molar-refractivity contribution is 0.629. The van der Waals surface area contributed by atoms with Crippen molar-refractivity contribution in [3.63, 3.8) is 0 Å². The molecule has 0 aliphatic rings. The zero-order chi connectivity index (χ0) is 17.7. The third-order valence-electron chi connectivity index (χ3n) is 4.16. The van der Waals surface area contributed by atoms with Crippen LogP contribution in [0.15, 0.2) is 41.3 Å². The van der Waals surface area contributed by atoms with Crippen LogP contribution in [0.25, 0.3) is 33.3 Å². The van der Waals surface area contributed by atoms with Crippen LogP contribution >= 0.6 is 23.2 Å². The fourth-order valence-corrected chi connectivity index (χ4v) is 3.25. The highest BCUT2D eigenvalue weighted by Gasteiger charge is 2.16. The number of nitrogens with one attached hydrogen (secondary N) is 1. The second kappa shape index (κ2) is 5.86. The molecule has 2 aromatic heterocycles. The highest BCUT2D eigenvalue weighted by Crippen LogP contribution is 2.25. The molecule has 126 valence electrons. The van der Waals surface area contributed by atoms with E-state index >= 15 is 0 Å². The highest BCUT2D eigenvalue weighted by atomic mass is 35.5. The van der Waals surface area contributed by atoms with Crippen LogP contribution in [-0.2, 0) is 6.54 Å². The molecule has 0 aliphatic heterocycles. The SMILES string of the molecule is CCn1cc(-c2nc3ccc(Cl)cc3[nH]2)c(=O)c2cc(F)c(Cl)cc21. The van der Waals surface area contributed by atoms with Crippen LogP contribution in [0.5, 0.6) is 0 Å². The lowest BCUT2D eigenvalue weighted by Crippen LogP contribution is -2.12. The second-order valence-electron chi connectivity index (χ2n) is 5.69. The number of pyridine rings is 1. The van der Waals surface area contributed by atoms with E-state index in [4.69, 9.17) is 23.2 Å². The van der Waals surface area contributed by atoms with Crippen molar-refractivity contribution in [2.24, 2.45) is 0 Å². The molecule has 4 nitrogen and oxygen atoms in total. The summed E-state index contributed by atoms with van der Waals surface area (Å²) in [7, 11) is 0. The number of rotatable bonds is 2. The Bertz CT molecular complexity index is 1200. The fourth-order valence-electron chi connectivity index (χ4n) is 2.92. The number of hydrogen-bond donors (Lipinski definition) is 1.